The summed E-state index contributed by atoms with van der Waals surface area (Å²) < 4.78 is 0. The van der Waals surface area contributed by atoms with Crippen LogP contribution in [0.5, 0.6) is 0 Å². The van der Waals surface area contributed by atoms with Gasteiger partial charge in [-0.05, 0) is 48.2 Å². The highest BCUT2D eigenvalue weighted by Crippen LogP contribution is 2.33. The van der Waals surface area contributed by atoms with Gasteiger partial charge in [-0.25, -0.2) is 4.98 Å². The number of H-pyrrole nitrogens is 1. The van der Waals surface area contributed by atoms with Crippen LogP contribution in [0.15, 0.2) is 91.4 Å². The van der Waals surface area contributed by atoms with Crippen LogP contribution >= 0.6 is 0 Å². The van der Waals surface area contributed by atoms with Gasteiger partial charge >= 0.3 is 0 Å². The molecule has 2 heterocycles. The molecule has 0 aliphatic carbocycles. The summed E-state index contributed by atoms with van der Waals surface area (Å²) in [5.74, 6) is 0.149. The monoisotopic (exact) mass is 450 g/mol. The second-order valence-corrected chi connectivity index (χ2v) is 9.41. The van der Waals surface area contributed by atoms with Crippen LogP contribution < -0.4 is 4.90 Å². The Labute approximate surface area is 201 Å². The molecule has 0 atom stereocenters. The quantitative estimate of drug-likeness (QED) is 0.443. The second kappa shape index (κ2) is 9.18. The second-order valence-electron chi connectivity index (χ2n) is 9.41. The van der Waals surface area contributed by atoms with Crippen LogP contribution in [-0.4, -0.2) is 33.9 Å². The van der Waals surface area contributed by atoms with Crippen molar-refractivity contribution in [2.45, 2.75) is 32.4 Å². The van der Waals surface area contributed by atoms with Crippen LogP contribution in [-0.2, 0) is 23.3 Å². The van der Waals surface area contributed by atoms with Crippen molar-refractivity contribution in [1.82, 2.24) is 14.9 Å². The van der Waals surface area contributed by atoms with Gasteiger partial charge in [0, 0.05) is 31.5 Å². The lowest BCUT2D eigenvalue weighted by Crippen LogP contribution is -2.44. The lowest BCUT2D eigenvalue weighted by molar-refractivity contribution is -0.136. The van der Waals surface area contributed by atoms with E-state index in [1.165, 1.54) is 5.56 Å². The van der Waals surface area contributed by atoms with Crippen molar-refractivity contribution in [2.75, 3.05) is 18.0 Å². The van der Waals surface area contributed by atoms with Gasteiger partial charge < -0.3 is 14.8 Å². The minimum absolute atomic E-state index is 0.149. The van der Waals surface area contributed by atoms with Gasteiger partial charge in [0.2, 0.25) is 5.91 Å². The van der Waals surface area contributed by atoms with E-state index in [4.69, 9.17) is 0 Å². The Balaban J connectivity index is 1.51. The summed E-state index contributed by atoms with van der Waals surface area (Å²) in [5, 5.41) is 0. The van der Waals surface area contributed by atoms with Crippen molar-refractivity contribution in [1.29, 1.82) is 0 Å². The third-order valence-electron chi connectivity index (χ3n) is 6.75. The van der Waals surface area contributed by atoms with Gasteiger partial charge in [0.1, 0.15) is 0 Å². The molecule has 172 valence electrons. The third-order valence-corrected chi connectivity index (χ3v) is 6.75. The van der Waals surface area contributed by atoms with E-state index in [1.807, 2.05) is 61.3 Å². The summed E-state index contributed by atoms with van der Waals surface area (Å²) in [6, 6.07) is 27.1. The Morgan fingerprint density at radius 1 is 0.941 bits per heavy atom. The number of nitrogens with one attached hydrogen (secondary N) is 1. The molecule has 0 bridgehead atoms. The van der Waals surface area contributed by atoms with Crippen LogP contribution in [0.25, 0.3) is 11.1 Å². The molecule has 0 unspecified atom stereocenters. The molecule has 1 aliphatic heterocycles. The molecule has 3 aromatic carbocycles. The maximum atomic E-state index is 13.9. The van der Waals surface area contributed by atoms with Gasteiger partial charge in [-0.3, -0.25) is 4.79 Å². The number of hydrogen-bond acceptors (Lipinski definition) is 3. The molecule has 0 saturated heterocycles. The fourth-order valence-corrected chi connectivity index (χ4v) is 4.76. The minimum Gasteiger partial charge on any atom is -0.364 e. The highest BCUT2D eigenvalue weighted by atomic mass is 16.2. The van der Waals surface area contributed by atoms with Crippen LogP contribution in [0.1, 0.15) is 30.7 Å². The average molecular weight is 451 g/mol. The number of nitrogens with zero attached hydrogens (tertiary/aromatic N) is 3. The van der Waals surface area contributed by atoms with Gasteiger partial charge in [-0.15, -0.1) is 0 Å². The molecule has 1 N–H and O–H groups in total. The van der Waals surface area contributed by atoms with Gasteiger partial charge in [0.15, 0.2) is 0 Å². The molecule has 0 spiro atoms. The maximum absolute atomic E-state index is 13.9. The number of rotatable bonds is 5. The SMILES string of the molecule is CC(C)(C(=O)N1CCN(Cc2c[nH]cn2)c2ccc(-c3ccccc3)cc2C1)c1ccccc1. The number of amides is 1. The smallest absolute Gasteiger partial charge is 0.233 e. The Morgan fingerprint density at radius 2 is 1.68 bits per heavy atom. The molecule has 0 fully saturated rings. The zero-order valence-electron chi connectivity index (χ0n) is 19.7. The maximum Gasteiger partial charge on any atom is 0.233 e. The number of benzene rings is 3. The zero-order valence-corrected chi connectivity index (χ0v) is 19.7. The Hall–Kier alpha value is -3.86. The van der Waals surface area contributed by atoms with Gasteiger partial charge in [0.05, 0.1) is 24.0 Å². The number of aromatic amines is 1. The van der Waals surface area contributed by atoms with E-state index in [1.54, 1.807) is 6.33 Å². The van der Waals surface area contributed by atoms with Gasteiger partial charge in [-0.2, -0.15) is 0 Å². The molecule has 0 radical (unpaired) electrons. The summed E-state index contributed by atoms with van der Waals surface area (Å²) in [6.07, 6.45) is 3.65. The molecule has 1 amide bonds. The van der Waals surface area contributed by atoms with E-state index in [-0.39, 0.29) is 5.91 Å². The first-order valence-electron chi connectivity index (χ1n) is 11.8. The number of carbonyl (C=O) groups excluding carboxylic acids is 1. The van der Waals surface area contributed by atoms with Crippen molar-refractivity contribution in [3.05, 3.63) is 108 Å². The molecular formula is C29H30N4O. The molecule has 1 aromatic heterocycles. The number of imidazole rings is 1. The summed E-state index contributed by atoms with van der Waals surface area (Å²) in [5.41, 5.74) is 6.09. The third kappa shape index (κ3) is 4.34. The fourth-order valence-electron chi connectivity index (χ4n) is 4.76. The van der Waals surface area contributed by atoms with Crippen molar-refractivity contribution in [3.63, 3.8) is 0 Å². The minimum atomic E-state index is -0.601. The highest BCUT2D eigenvalue weighted by molar-refractivity contribution is 5.88. The highest BCUT2D eigenvalue weighted by Gasteiger charge is 2.35. The average Bonchev–Trinajstić information content (AvgIpc) is 3.32. The number of hydrogen-bond donors (Lipinski definition) is 1. The predicted molar refractivity (Wildman–Crippen MR) is 136 cm³/mol. The van der Waals surface area contributed by atoms with Crippen LogP contribution in [0, 0.1) is 0 Å². The van der Waals surface area contributed by atoms with E-state index in [0.29, 0.717) is 19.6 Å². The summed E-state index contributed by atoms with van der Waals surface area (Å²) in [4.78, 5) is 25.7. The summed E-state index contributed by atoms with van der Waals surface area (Å²) in [6.45, 7) is 6.75. The van der Waals surface area contributed by atoms with Crippen molar-refractivity contribution < 1.29 is 4.79 Å². The first-order chi connectivity index (χ1) is 16.5. The van der Waals surface area contributed by atoms with Crippen LogP contribution in [0.4, 0.5) is 5.69 Å². The number of anilines is 1. The lowest BCUT2D eigenvalue weighted by Gasteiger charge is -2.32. The van der Waals surface area contributed by atoms with Crippen molar-refractivity contribution >= 4 is 11.6 Å². The zero-order chi connectivity index (χ0) is 23.5. The lowest BCUT2D eigenvalue weighted by atomic mass is 9.83. The summed E-state index contributed by atoms with van der Waals surface area (Å²) in [7, 11) is 0. The van der Waals surface area contributed by atoms with E-state index in [2.05, 4.69) is 57.3 Å². The normalized spacial score (nSPS) is 13.9. The topological polar surface area (TPSA) is 52.2 Å². The van der Waals surface area contributed by atoms with Crippen LogP contribution in [0.2, 0.25) is 0 Å². The number of carbonyl (C=O) groups is 1. The molecule has 5 rings (SSSR count). The first kappa shape index (κ1) is 22.0. The van der Waals surface area contributed by atoms with Crippen molar-refractivity contribution in [2.24, 2.45) is 0 Å². The largest absolute Gasteiger partial charge is 0.364 e. The Kier molecular flexibility index (Phi) is 5.93. The summed E-state index contributed by atoms with van der Waals surface area (Å²) >= 11 is 0. The van der Waals surface area contributed by atoms with Gasteiger partial charge in [-0.1, -0.05) is 66.7 Å². The molecule has 4 aromatic rings. The van der Waals surface area contributed by atoms with Crippen LogP contribution in [0.3, 0.4) is 0 Å². The molecular weight excluding hydrogens is 420 g/mol. The number of aromatic nitrogens is 2. The Morgan fingerprint density at radius 3 is 2.38 bits per heavy atom. The Bertz CT molecular complexity index is 1250. The predicted octanol–water partition coefficient (Wildman–Crippen LogP) is 5.40. The fraction of sp³-hybridized carbons (Fsp3) is 0.241. The standard InChI is InChI=1S/C29H30N4O/c1-29(2,25-11-7-4-8-12-25)28(34)33-16-15-32(20-26-18-30-21-31-26)27-14-13-23(17-24(27)19-33)22-9-5-3-6-10-22/h3-14,17-18,21H,15-16,19-20H2,1-2H3,(H,30,31). The first-order valence-corrected chi connectivity index (χ1v) is 11.8. The van der Waals surface area contributed by atoms with E-state index in [9.17, 15) is 4.79 Å². The molecule has 5 heteroatoms. The van der Waals surface area contributed by atoms with Gasteiger partial charge in [0.25, 0.3) is 0 Å². The number of fused-ring (bicyclic) bond motifs is 1. The molecule has 5 nitrogen and oxygen atoms in total. The molecule has 1 aliphatic rings. The van der Waals surface area contributed by atoms with Crippen molar-refractivity contribution in [3.8, 4) is 11.1 Å². The molecule has 34 heavy (non-hydrogen) atoms. The van der Waals surface area contributed by atoms with E-state index < -0.39 is 5.41 Å². The molecule has 0 saturated carbocycles. The van der Waals surface area contributed by atoms with E-state index in [0.717, 1.165) is 34.6 Å². The van der Waals surface area contributed by atoms with E-state index >= 15 is 0 Å².